The maximum absolute atomic E-state index is 11.9. The quantitative estimate of drug-likeness (QED) is 0.877. The summed E-state index contributed by atoms with van der Waals surface area (Å²) in [6.45, 7) is 4.17. The van der Waals surface area contributed by atoms with Crippen LogP contribution in [0.3, 0.4) is 0 Å². The predicted molar refractivity (Wildman–Crippen MR) is 88.3 cm³/mol. The number of carbonyl (C=O) groups excluding carboxylic acids is 2. The molecule has 2 amide bonds. The van der Waals surface area contributed by atoms with Crippen LogP contribution in [0, 0.1) is 0 Å². The van der Waals surface area contributed by atoms with Gasteiger partial charge in [0.1, 0.15) is 6.61 Å². The van der Waals surface area contributed by atoms with Crippen LogP contribution in [-0.4, -0.2) is 12.5 Å². The van der Waals surface area contributed by atoms with E-state index in [1.54, 1.807) is 11.0 Å². The van der Waals surface area contributed by atoms with E-state index in [9.17, 15) is 9.59 Å². The van der Waals surface area contributed by atoms with E-state index >= 15 is 0 Å². The molecule has 0 radical (unpaired) electrons. The number of ether oxygens (including phenoxy) is 1. The number of hydrogen-bond donors (Lipinski definition) is 1. The molecule has 1 N–H and O–H groups in total. The van der Waals surface area contributed by atoms with Crippen molar-refractivity contribution in [2.24, 2.45) is 0 Å². The molecule has 0 atom stereocenters. The van der Waals surface area contributed by atoms with Gasteiger partial charge in [-0.1, -0.05) is 36.4 Å². The molecule has 5 nitrogen and oxygen atoms in total. The zero-order chi connectivity index (χ0) is 16.4. The van der Waals surface area contributed by atoms with Crippen molar-refractivity contribution >= 4 is 23.9 Å². The molecule has 0 unspecified atom stereocenters. The first-order valence-electron chi connectivity index (χ1n) is 7.39. The van der Waals surface area contributed by atoms with Crippen LogP contribution < -0.4 is 10.2 Å². The number of carbonyl (C=O) groups is 2. The number of amides is 2. The Morgan fingerprint density at radius 2 is 1.96 bits per heavy atom. The van der Waals surface area contributed by atoms with E-state index in [1.807, 2.05) is 56.3 Å². The predicted octanol–water partition coefficient (Wildman–Crippen LogP) is 3.65. The second-order valence-electron chi connectivity index (χ2n) is 5.95. The maximum Gasteiger partial charge on any atom is 0.411 e. The van der Waals surface area contributed by atoms with E-state index < -0.39 is 6.09 Å². The second-order valence-corrected chi connectivity index (χ2v) is 5.95. The number of anilines is 2. The van der Waals surface area contributed by atoms with Gasteiger partial charge in [-0.25, -0.2) is 4.79 Å². The topological polar surface area (TPSA) is 58.6 Å². The average Bonchev–Trinajstić information content (AvgIpc) is 2.54. The standard InChI is InChI=1S/C18H18N2O3/c1-18(2)15-9-8-14(10-16(15)20(18)12-21)19-17(22)23-11-13-6-4-3-5-7-13/h3-10,12H,11H2,1-2H3,(H,19,22). The van der Waals surface area contributed by atoms with Gasteiger partial charge in [0.15, 0.2) is 0 Å². The fraction of sp³-hybridized carbons (Fsp3) is 0.222. The fourth-order valence-electron chi connectivity index (χ4n) is 2.77. The van der Waals surface area contributed by atoms with Gasteiger partial charge in [-0.05, 0) is 31.5 Å². The highest BCUT2D eigenvalue weighted by Crippen LogP contribution is 2.47. The van der Waals surface area contributed by atoms with E-state index in [-0.39, 0.29) is 12.1 Å². The minimum atomic E-state index is -0.523. The van der Waals surface area contributed by atoms with E-state index in [1.165, 1.54) is 0 Å². The highest BCUT2D eigenvalue weighted by molar-refractivity contribution is 5.92. The Hall–Kier alpha value is -2.82. The van der Waals surface area contributed by atoms with Gasteiger partial charge in [-0.15, -0.1) is 0 Å². The Morgan fingerprint density at radius 1 is 1.22 bits per heavy atom. The number of nitrogens with zero attached hydrogens (tertiary/aromatic N) is 1. The van der Waals surface area contributed by atoms with Crippen molar-refractivity contribution in [3.8, 4) is 0 Å². The molecule has 2 aromatic carbocycles. The summed E-state index contributed by atoms with van der Waals surface area (Å²) >= 11 is 0. The number of hydrogen-bond acceptors (Lipinski definition) is 3. The first kappa shape index (κ1) is 15.1. The highest BCUT2D eigenvalue weighted by atomic mass is 16.5. The Balaban J connectivity index is 1.64. The average molecular weight is 310 g/mol. The van der Waals surface area contributed by atoms with Crippen molar-refractivity contribution in [1.29, 1.82) is 0 Å². The van der Waals surface area contributed by atoms with Gasteiger partial charge >= 0.3 is 6.09 Å². The summed E-state index contributed by atoms with van der Waals surface area (Å²) in [7, 11) is 0. The third kappa shape index (κ3) is 2.77. The van der Waals surface area contributed by atoms with Gasteiger partial charge in [0.2, 0.25) is 6.41 Å². The largest absolute Gasteiger partial charge is 0.444 e. The van der Waals surface area contributed by atoms with Crippen molar-refractivity contribution in [3.05, 3.63) is 59.7 Å². The van der Waals surface area contributed by atoms with Crippen LogP contribution in [0.2, 0.25) is 0 Å². The third-order valence-corrected chi connectivity index (χ3v) is 4.08. The van der Waals surface area contributed by atoms with E-state index in [2.05, 4.69) is 5.32 Å². The van der Waals surface area contributed by atoms with Crippen LogP contribution in [-0.2, 0) is 21.7 Å². The Kier molecular flexibility index (Phi) is 3.78. The van der Waals surface area contributed by atoms with Crippen molar-refractivity contribution in [2.45, 2.75) is 26.0 Å². The molecule has 23 heavy (non-hydrogen) atoms. The third-order valence-electron chi connectivity index (χ3n) is 4.08. The molecule has 0 aliphatic carbocycles. The lowest BCUT2D eigenvalue weighted by atomic mass is 9.82. The SMILES string of the molecule is CC1(C)c2ccc(NC(=O)OCc3ccccc3)cc2N1C=O. The molecule has 1 aliphatic rings. The highest BCUT2D eigenvalue weighted by Gasteiger charge is 2.41. The van der Waals surface area contributed by atoms with Gasteiger partial charge in [-0.3, -0.25) is 10.1 Å². The van der Waals surface area contributed by atoms with Crippen LogP contribution >= 0.6 is 0 Å². The lowest BCUT2D eigenvalue weighted by molar-refractivity contribution is -0.108. The molecule has 1 aliphatic heterocycles. The number of fused-ring (bicyclic) bond motifs is 1. The minimum Gasteiger partial charge on any atom is -0.444 e. The van der Waals surface area contributed by atoms with Gasteiger partial charge in [0.25, 0.3) is 0 Å². The molecule has 3 rings (SSSR count). The van der Waals surface area contributed by atoms with Crippen LogP contribution in [0.25, 0.3) is 0 Å². The van der Waals surface area contributed by atoms with Crippen LogP contribution in [0.4, 0.5) is 16.2 Å². The molecule has 118 valence electrons. The second kappa shape index (κ2) is 5.76. The normalized spacial score (nSPS) is 14.4. The van der Waals surface area contributed by atoms with Gasteiger partial charge < -0.3 is 9.64 Å². The van der Waals surface area contributed by atoms with Gasteiger partial charge in [0.05, 0.1) is 11.2 Å². The van der Waals surface area contributed by atoms with E-state index in [0.717, 1.165) is 23.2 Å². The van der Waals surface area contributed by atoms with Crippen LogP contribution in [0.5, 0.6) is 0 Å². The van der Waals surface area contributed by atoms with Crippen molar-refractivity contribution in [2.75, 3.05) is 10.2 Å². The molecule has 1 heterocycles. The summed E-state index contributed by atoms with van der Waals surface area (Å²) in [5.74, 6) is 0. The Bertz CT molecular complexity index is 741. The maximum atomic E-state index is 11.9. The summed E-state index contributed by atoms with van der Waals surface area (Å²) in [4.78, 5) is 24.7. The smallest absolute Gasteiger partial charge is 0.411 e. The molecule has 0 saturated carbocycles. The van der Waals surface area contributed by atoms with Gasteiger partial charge in [-0.2, -0.15) is 0 Å². The molecule has 0 saturated heterocycles. The van der Waals surface area contributed by atoms with Gasteiger partial charge in [0, 0.05) is 11.3 Å². The summed E-state index contributed by atoms with van der Waals surface area (Å²) in [5, 5.41) is 2.68. The minimum absolute atomic E-state index is 0.213. The Labute approximate surface area is 134 Å². The number of benzene rings is 2. The monoisotopic (exact) mass is 310 g/mol. The summed E-state index contributed by atoms with van der Waals surface area (Å²) < 4.78 is 5.18. The van der Waals surface area contributed by atoms with Crippen molar-refractivity contribution in [1.82, 2.24) is 0 Å². The zero-order valence-corrected chi connectivity index (χ0v) is 13.1. The van der Waals surface area contributed by atoms with Crippen LogP contribution in [0.1, 0.15) is 25.0 Å². The fourth-order valence-corrected chi connectivity index (χ4v) is 2.77. The zero-order valence-electron chi connectivity index (χ0n) is 13.1. The summed E-state index contributed by atoms with van der Waals surface area (Å²) in [5.41, 5.74) is 3.11. The first-order valence-corrected chi connectivity index (χ1v) is 7.39. The molecule has 0 aromatic heterocycles. The molecule has 2 aromatic rings. The van der Waals surface area contributed by atoms with Crippen molar-refractivity contribution in [3.63, 3.8) is 0 Å². The Morgan fingerprint density at radius 3 is 2.65 bits per heavy atom. The lowest BCUT2D eigenvalue weighted by Crippen LogP contribution is -2.50. The van der Waals surface area contributed by atoms with E-state index in [4.69, 9.17) is 4.74 Å². The lowest BCUT2D eigenvalue weighted by Gasteiger charge is -2.47. The summed E-state index contributed by atoms with van der Waals surface area (Å²) in [6.07, 6.45) is 0.282. The molecule has 0 bridgehead atoms. The number of nitrogens with one attached hydrogen (secondary N) is 1. The van der Waals surface area contributed by atoms with E-state index in [0.29, 0.717) is 5.69 Å². The van der Waals surface area contributed by atoms with Crippen LogP contribution in [0.15, 0.2) is 48.5 Å². The molecular weight excluding hydrogens is 292 g/mol. The molecule has 5 heteroatoms. The first-order chi connectivity index (χ1) is 11.0. The molecular formula is C18H18N2O3. The number of rotatable bonds is 4. The van der Waals surface area contributed by atoms with Crippen molar-refractivity contribution < 1.29 is 14.3 Å². The summed E-state index contributed by atoms with van der Waals surface area (Å²) in [6, 6.07) is 15.0. The molecule has 0 fully saturated rings. The molecule has 0 spiro atoms.